The Hall–Kier alpha value is -1.15. The first-order chi connectivity index (χ1) is 5.86. The van der Waals surface area contributed by atoms with Crippen molar-refractivity contribution < 1.29 is 4.39 Å². The van der Waals surface area contributed by atoms with Gasteiger partial charge in [0.25, 0.3) is 0 Å². The fourth-order valence-electron chi connectivity index (χ4n) is 1.18. The zero-order valence-electron chi connectivity index (χ0n) is 6.68. The van der Waals surface area contributed by atoms with Gasteiger partial charge in [-0.3, -0.25) is 0 Å². The van der Waals surface area contributed by atoms with Crippen LogP contribution < -0.4 is 5.32 Å². The minimum Gasteiger partial charge on any atom is -0.309 e. The van der Waals surface area contributed by atoms with Gasteiger partial charge in [-0.15, -0.1) is 0 Å². The summed E-state index contributed by atoms with van der Waals surface area (Å²) in [6.45, 7) is 1.79. The molecule has 62 valence electrons. The van der Waals surface area contributed by atoms with Gasteiger partial charge in [0.2, 0.25) is 0 Å². The predicted molar refractivity (Wildman–Crippen MR) is 47.2 cm³/mol. The Balaban J connectivity index is 2.27. The maximum atomic E-state index is 13.0. The van der Waals surface area contributed by atoms with Gasteiger partial charge >= 0.3 is 0 Å². The molecule has 1 aromatic rings. The Morgan fingerprint density at radius 2 is 2.00 bits per heavy atom. The molecule has 1 N–H and O–H groups in total. The largest absolute Gasteiger partial charge is 0.309 e. The highest BCUT2D eigenvalue weighted by molar-refractivity contribution is 5.55. The smallest absolute Gasteiger partial charge is 0.130 e. The van der Waals surface area contributed by atoms with E-state index >= 15 is 0 Å². The van der Waals surface area contributed by atoms with Crippen LogP contribution in [0.4, 0.5) is 4.39 Å². The first-order valence-corrected chi connectivity index (χ1v) is 4.01. The topological polar surface area (TPSA) is 12.0 Å². The van der Waals surface area contributed by atoms with Crippen molar-refractivity contribution in [1.29, 1.82) is 0 Å². The molecular formula is C10H10FN. The molecule has 1 fully saturated rings. The van der Waals surface area contributed by atoms with E-state index in [9.17, 15) is 4.39 Å². The number of hydrogen-bond donors (Lipinski definition) is 1. The Morgan fingerprint density at radius 3 is 2.58 bits per heavy atom. The quantitative estimate of drug-likeness (QED) is 0.665. The third-order valence-electron chi connectivity index (χ3n) is 1.97. The van der Waals surface area contributed by atoms with E-state index in [1.165, 1.54) is 11.6 Å². The lowest BCUT2D eigenvalue weighted by Crippen LogP contribution is -2.33. The Labute approximate surface area is 70.9 Å². The fourth-order valence-corrected chi connectivity index (χ4v) is 1.18. The third-order valence-corrected chi connectivity index (χ3v) is 1.97. The van der Waals surface area contributed by atoms with Crippen LogP contribution >= 0.6 is 0 Å². The maximum absolute atomic E-state index is 13.0. The summed E-state index contributed by atoms with van der Waals surface area (Å²) in [6, 6.07) is 6.83. The molecule has 0 bridgehead atoms. The van der Waals surface area contributed by atoms with E-state index in [1.54, 1.807) is 12.1 Å². The van der Waals surface area contributed by atoms with Gasteiger partial charge in [-0.25, -0.2) is 4.39 Å². The molecule has 1 aromatic carbocycles. The molecule has 1 heterocycles. The van der Waals surface area contributed by atoms with Crippen molar-refractivity contribution in [3.63, 3.8) is 0 Å². The van der Waals surface area contributed by atoms with Gasteiger partial charge in [-0.05, 0) is 11.6 Å². The molecule has 0 radical (unpaired) electrons. The lowest BCUT2D eigenvalue weighted by molar-refractivity contribution is 0.623. The number of rotatable bonds is 1. The highest BCUT2D eigenvalue weighted by atomic mass is 19.1. The molecule has 1 saturated heterocycles. The SMILES string of the molecule is Fc1ccccc1C=C1CNC1. The highest BCUT2D eigenvalue weighted by Gasteiger charge is 2.07. The van der Waals surface area contributed by atoms with E-state index < -0.39 is 0 Å². The summed E-state index contributed by atoms with van der Waals surface area (Å²) in [7, 11) is 0. The Bertz CT molecular complexity index is 311. The van der Waals surface area contributed by atoms with Crippen LogP contribution in [0.15, 0.2) is 29.8 Å². The highest BCUT2D eigenvalue weighted by Crippen LogP contribution is 2.12. The number of halogens is 1. The molecule has 1 aliphatic heterocycles. The molecule has 0 saturated carbocycles. The number of benzene rings is 1. The van der Waals surface area contributed by atoms with E-state index in [1.807, 2.05) is 12.1 Å². The molecule has 0 spiro atoms. The molecule has 2 rings (SSSR count). The zero-order chi connectivity index (χ0) is 8.39. The van der Waals surface area contributed by atoms with Gasteiger partial charge in [0, 0.05) is 18.7 Å². The summed E-state index contributed by atoms with van der Waals surface area (Å²) in [4.78, 5) is 0. The first-order valence-electron chi connectivity index (χ1n) is 4.01. The minimum atomic E-state index is -0.142. The summed E-state index contributed by atoms with van der Waals surface area (Å²) >= 11 is 0. The standard InChI is InChI=1S/C10H10FN/c11-10-4-2-1-3-9(10)5-8-6-12-7-8/h1-5,12H,6-7H2. The first kappa shape index (κ1) is 7.50. The number of nitrogens with one attached hydrogen (secondary N) is 1. The molecule has 2 heteroatoms. The van der Waals surface area contributed by atoms with E-state index in [2.05, 4.69) is 5.32 Å². The van der Waals surface area contributed by atoms with Crippen LogP contribution in [0.1, 0.15) is 5.56 Å². The molecule has 12 heavy (non-hydrogen) atoms. The summed E-state index contributed by atoms with van der Waals surface area (Å²) < 4.78 is 13.0. The molecular weight excluding hydrogens is 153 g/mol. The van der Waals surface area contributed by atoms with Crippen molar-refractivity contribution in [3.8, 4) is 0 Å². The lowest BCUT2D eigenvalue weighted by atomic mass is 10.1. The second-order valence-electron chi connectivity index (χ2n) is 2.93. The monoisotopic (exact) mass is 163 g/mol. The van der Waals surface area contributed by atoms with Gasteiger partial charge in [-0.1, -0.05) is 24.3 Å². The molecule has 0 aliphatic carbocycles. The minimum absolute atomic E-state index is 0.142. The van der Waals surface area contributed by atoms with Crippen molar-refractivity contribution >= 4 is 6.08 Å². The van der Waals surface area contributed by atoms with Gasteiger partial charge in [0.15, 0.2) is 0 Å². The van der Waals surface area contributed by atoms with Crippen molar-refractivity contribution in [2.75, 3.05) is 13.1 Å². The van der Waals surface area contributed by atoms with Gasteiger partial charge < -0.3 is 5.32 Å². The predicted octanol–water partition coefficient (Wildman–Crippen LogP) is 1.81. The molecule has 1 nitrogen and oxygen atoms in total. The number of hydrogen-bond acceptors (Lipinski definition) is 1. The molecule has 0 aromatic heterocycles. The van der Waals surface area contributed by atoms with Gasteiger partial charge in [0.05, 0.1) is 0 Å². The molecule has 0 amide bonds. The van der Waals surface area contributed by atoms with Crippen molar-refractivity contribution in [3.05, 3.63) is 41.2 Å². The molecule has 1 aliphatic rings. The van der Waals surface area contributed by atoms with E-state index in [-0.39, 0.29) is 5.82 Å². The van der Waals surface area contributed by atoms with Crippen LogP contribution in [0, 0.1) is 5.82 Å². The van der Waals surface area contributed by atoms with Crippen LogP contribution in [0.3, 0.4) is 0 Å². The second-order valence-corrected chi connectivity index (χ2v) is 2.93. The Morgan fingerprint density at radius 1 is 1.25 bits per heavy atom. The van der Waals surface area contributed by atoms with Crippen molar-refractivity contribution in [2.45, 2.75) is 0 Å². The van der Waals surface area contributed by atoms with Gasteiger partial charge in [0.1, 0.15) is 5.82 Å². The summed E-state index contributed by atoms with van der Waals surface area (Å²) in [6.07, 6.45) is 1.91. The van der Waals surface area contributed by atoms with Crippen molar-refractivity contribution in [2.24, 2.45) is 0 Å². The van der Waals surface area contributed by atoms with Crippen LogP contribution in [-0.2, 0) is 0 Å². The van der Waals surface area contributed by atoms with E-state index in [0.29, 0.717) is 5.56 Å². The summed E-state index contributed by atoms with van der Waals surface area (Å²) in [5.41, 5.74) is 1.95. The molecule has 0 unspecified atom stereocenters. The van der Waals surface area contributed by atoms with Crippen molar-refractivity contribution in [1.82, 2.24) is 5.32 Å². The van der Waals surface area contributed by atoms with E-state index in [4.69, 9.17) is 0 Å². The fraction of sp³-hybridized carbons (Fsp3) is 0.200. The average Bonchev–Trinajstić information content (AvgIpc) is 2.00. The van der Waals surface area contributed by atoms with E-state index in [0.717, 1.165) is 13.1 Å². The second kappa shape index (κ2) is 3.07. The Kier molecular flexibility index (Phi) is 1.92. The average molecular weight is 163 g/mol. The maximum Gasteiger partial charge on any atom is 0.130 e. The lowest BCUT2D eigenvalue weighted by Gasteiger charge is -2.18. The van der Waals surface area contributed by atoms with Crippen LogP contribution in [0.25, 0.3) is 6.08 Å². The molecule has 0 atom stereocenters. The van der Waals surface area contributed by atoms with Crippen LogP contribution in [-0.4, -0.2) is 13.1 Å². The van der Waals surface area contributed by atoms with Crippen LogP contribution in [0.2, 0.25) is 0 Å². The summed E-state index contributed by atoms with van der Waals surface area (Å²) in [5, 5.41) is 3.11. The normalized spacial score (nSPS) is 15.6. The third kappa shape index (κ3) is 1.38. The zero-order valence-corrected chi connectivity index (χ0v) is 6.68. The van der Waals surface area contributed by atoms with Gasteiger partial charge in [-0.2, -0.15) is 0 Å². The summed E-state index contributed by atoms with van der Waals surface area (Å²) in [5.74, 6) is -0.142. The van der Waals surface area contributed by atoms with Crippen LogP contribution in [0.5, 0.6) is 0 Å².